The fourth-order valence-electron chi connectivity index (χ4n) is 2.62. The van der Waals surface area contributed by atoms with Crippen molar-refractivity contribution in [2.45, 2.75) is 45.1 Å². The topological polar surface area (TPSA) is 82.2 Å². The third kappa shape index (κ3) is 2.64. The zero-order valence-electron chi connectivity index (χ0n) is 11.3. The van der Waals surface area contributed by atoms with Crippen molar-refractivity contribution in [3.8, 4) is 0 Å². The zero-order valence-corrected chi connectivity index (χ0v) is 11.3. The second-order valence-corrected chi connectivity index (χ2v) is 5.58. The largest absolute Gasteiger partial charge is 0.480 e. The normalized spacial score (nSPS) is 26.9. The van der Waals surface area contributed by atoms with E-state index in [0.29, 0.717) is 24.3 Å². The highest BCUT2D eigenvalue weighted by Gasteiger charge is 2.42. The van der Waals surface area contributed by atoms with Gasteiger partial charge in [-0.1, -0.05) is 6.92 Å². The first kappa shape index (κ1) is 13.6. The van der Waals surface area contributed by atoms with Gasteiger partial charge in [-0.05, 0) is 44.1 Å². The molecule has 2 rings (SSSR count). The average Bonchev–Trinajstić information content (AvgIpc) is 2.78. The predicted octanol–water partition coefficient (Wildman–Crippen LogP) is 2.09. The van der Waals surface area contributed by atoms with Gasteiger partial charge in [0.2, 0.25) is 0 Å². The van der Waals surface area contributed by atoms with Crippen LogP contribution in [0.2, 0.25) is 0 Å². The molecular formula is C14H20N2O3. The molecule has 0 atom stereocenters. The summed E-state index contributed by atoms with van der Waals surface area (Å²) in [6.45, 7) is 3.94. The molecule has 1 aliphatic carbocycles. The van der Waals surface area contributed by atoms with Gasteiger partial charge in [0.05, 0.1) is 5.56 Å². The smallest absolute Gasteiger partial charge is 0.329 e. The van der Waals surface area contributed by atoms with Crippen molar-refractivity contribution in [1.29, 1.82) is 0 Å². The molecule has 1 amide bonds. The van der Waals surface area contributed by atoms with Gasteiger partial charge in [0.15, 0.2) is 0 Å². The van der Waals surface area contributed by atoms with Gasteiger partial charge in [-0.3, -0.25) is 4.79 Å². The Morgan fingerprint density at radius 1 is 1.37 bits per heavy atom. The number of rotatable bonds is 3. The van der Waals surface area contributed by atoms with E-state index < -0.39 is 11.5 Å². The van der Waals surface area contributed by atoms with Crippen LogP contribution < -0.4 is 5.32 Å². The number of carbonyl (C=O) groups is 2. The van der Waals surface area contributed by atoms with Crippen LogP contribution >= 0.6 is 0 Å². The van der Waals surface area contributed by atoms with Crippen LogP contribution in [0.1, 0.15) is 48.5 Å². The summed E-state index contributed by atoms with van der Waals surface area (Å²) in [6.07, 6.45) is 5.99. The molecule has 0 aromatic carbocycles. The molecule has 1 heterocycles. The van der Waals surface area contributed by atoms with Crippen molar-refractivity contribution in [3.05, 3.63) is 23.5 Å². The van der Waals surface area contributed by atoms with Crippen LogP contribution in [0.5, 0.6) is 0 Å². The first-order valence-corrected chi connectivity index (χ1v) is 6.64. The molecule has 104 valence electrons. The molecule has 0 saturated heterocycles. The summed E-state index contributed by atoms with van der Waals surface area (Å²) in [5.41, 5.74) is 0.231. The lowest BCUT2D eigenvalue weighted by molar-refractivity contribution is -0.146. The van der Waals surface area contributed by atoms with Gasteiger partial charge >= 0.3 is 5.97 Å². The molecule has 0 aliphatic heterocycles. The van der Waals surface area contributed by atoms with Gasteiger partial charge in [0, 0.05) is 12.4 Å². The Labute approximate surface area is 112 Å². The van der Waals surface area contributed by atoms with Crippen LogP contribution in [0.4, 0.5) is 0 Å². The van der Waals surface area contributed by atoms with E-state index in [4.69, 9.17) is 0 Å². The minimum Gasteiger partial charge on any atom is -0.480 e. The summed E-state index contributed by atoms with van der Waals surface area (Å²) in [7, 11) is 0. The number of aromatic nitrogens is 1. The molecule has 0 spiro atoms. The van der Waals surface area contributed by atoms with Crippen molar-refractivity contribution in [2.24, 2.45) is 5.92 Å². The Kier molecular flexibility index (Phi) is 3.64. The molecule has 1 aromatic rings. The number of hydrogen-bond acceptors (Lipinski definition) is 2. The van der Waals surface area contributed by atoms with Crippen molar-refractivity contribution >= 4 is 11.9 Å². The Bertz CT molecular complexity index is 485. The standard InChI is InChI=1S/C14H20N2O3/c1-9-3-5-14(6-4-9,13(18)19)16-12(17)11-8-15-7-10(11)2/h7-9,15H,3-6H2,1-2H3,(H,16,17)(H,18,19). The molecule has 3 N–H and O–H groups in total. The van der Waals surface area contributed by atoms with Crippen LogP contribution in [0, 0.1) is 12.8 Å². The van der Waals surface area contributed by atoms with Crippen LogP contribution in [-0.4, -0.2) is 27.5 Å². The van der Waals surface area contributed by atoms with E-state index in [1.165, 1.54) is 0 Å². The summed E-state index contributed by atoms with van der Waals surface area (Å²) in [5, 5.41) is 12.2. The van der Waals surface area contributed by atoms with E-state index in [1.807, 2.05) is 6.92 Å². The molecule has 0 bridgehead atoms. The first-order chi connectivity index (χ1) is 8.94. The van der Waals surface area contributed by atoms with Gasteiger partial charge in [-0.2, -0.15) is 0 Å². The Morgan fingerprint density at radius 3 is 2.47 bits per heavy atom. The average molecular weight is 264 g/mol. The Balaban J connectivity index is 2.16. The number of carbonyl (C=O) groups excluding carboxylic acids is 1. The minimum atomic E-state index is -1.10. The first-order valence-electron chi connectivity index (χ1n) is 6.64. The number of hydrogen-bond donors (Lipinski definition) is 3. The van der Waals surface area contributed by atoms with E-state index in [-0.39, 0.29) is 5.91 Å². The number of aromatic amines is 1. The number of aryl methyl sites for hydroxylation is 1. The van der Waals surface area contributed by atoms with Crippen molar-refractivity contribution < 1.29 is 14.7 Å². The predicted molar refractivity (Wildman–Crippen MR) is 71.0 cm³/mol. The third-order valence-corrected chi connectivity index (χ3v) is 4.09. The van der Waals surface area contributed by atoms with E-state index in [1.54, 1.807) is 12.4 Å². The summed E-state index contributed by atoms with van der Waals surface area (Å²) >= 11 is 0. The van der Waals surface area contributed by atoms with Crippen molar-refractivity contribution in [3.63, 3.8) is 0 Å². The van der Waals surface area contributed by atoms with Crippen LogP contribution in [0.15, 0.2) is 12.4 Å². The Hall–Kier alpha value is -1.78. The second kappa shape index (κ2) is 5.07. The zero-order chi connectivity index (χ0) is 14.0. The van der Waals surface area contributed by atoms with Gasteiger partial charge in [0.1, 0.15) is 5.54 Å². The summed E-state index contributed by atoms with van der Waals surface area (Å²) in [5.74, 6) is -0.713. The molecule has 0 unspecified atom stereocenters. The molecule has 0 radical (unpaired) electrons. The summed E-state index contributed by atoms with van der Waals surface area (Å²) in [4.78, 5) is 26.6. The molecule has 1 fully saturated rings. The third-order valence-electron chi connectivity index (χ3n) is 4.09. The molecule has 5 nitrogen and oxygen atoms in total. The number of amides is 1. The number of nitrogens with one attached hydrogen (secondary N) is 2. The SMILES string of the molecule is Cc1c[nH]cc1C(=O)NC1(C(=O)O)CCC(C)CC1. The lowest BCUT2D eigenvalue weighted by Crippen LogP contribution is -2.56. The van der Waals surface area contributed by atoms with Crippen molar-refractivity contribution in [2.75, 3.05) is 0 Å². The number of H-pyrrole nitrogens is 1. The van der Waals surface area contributed by atoms with E-state index in [0.717, 1.165) is 18.4 Å². The molecule has 1 saturated carbocycles. The fourth-order valence-corrected chi connectivity index (χ4v) is 2.62. The van der Waals surface area contributed by atoms with E-state index >= 15 is 0 Å². The van der Waals surface area contributed by atoms with E-state index in [9.17, 15) is 14.7 Å². The maximum absolute atomic E-state index is 12.2. The second-order valence-electron chi connectivity index (χ2n) is 5.58. The fraction of sp³-hybridized carbons (Fsp3) is 0.571. The van der Waals surface area contributed by atoms with Crippen LogP contribution in [0.25, 0.3) is 0 Å². The van der Waals surface area contributed by atoms with E-state index in [2.05, 4.69) is 17.2 Å². The molecule has 19 heavy (non-hydrogen) atoms. The quantitative estimate of drug-likeness (QED) is 0.781. The minimum absolute atomic E-state index is 0.310. The number of carboxylic acid groups (broad SMARTS) is 1. The highest BCUT2D eigenvalue weighted by Crippen LogP contribution is 2.32. The lowest BCUT2D eigenvalue weighted by Gasteiger charge is -2.36. The highest BCUT2D eigenvalue weighted by molar-refractivity contribution is 5.98. The maximum atomic E-state index is 12.2. The van der Waals surface area contributed by atoms with Gasteiger partial charge in [-0.15, -0.1) is 0 Å². The van der Waals surface area contributed by atoms with Crippen LogP contribution in [0.3, 0.4) is 0 Å². The summed E-state index contributed by atoms with van der Waals surface area (Å²) in [6, 6.07) is 0. The molecule has 1 aromatic heterocycles. The molecule has 1 aliphatic rings. The van der Waals surface area contributed by atoms with Gasteiger partial charge in [-0.25, -0.2) is 4.79 Å². The maximum Gasteiger partial charge on any atom is 0.329 e. The summed E-state index contributed by atoms with van der Waals surface area (Å²) < 4.78 is 0. The molecule has 5 heteroatoms. The van der Waals surface area contributed by atoms with Gasteiger partial charge in [0.25, 0.3) is 5.91 Å². The van der Waals surface area contributed by atoms with Crippen molar-refractivity contribution in [1.82, 2.24) is 10.3 Å². The van der Waals surface area contributed by atoms with Crippen LogP contribution in [-0.2, 0) is 4.79 Å². The highest BCUT2D eigenvalue weighted by atomic mass is 16.4. The number of carboxylic acids is 1. The lowest BCUT2D eigenvalue weighted by atomic mass is 9.77. The Morgan fingerprint density at radius 2 is 2.00 bits per heavy atom. The molecular weight excluding hydrogens is 244 g/mol. The number of aliphatic carboxylic acids is 1. The van der Waals surface area contributed by atoms with Gasteiger partial charge < -0.3 is 15.4 Å². The monoisotopic (exact) mass is 264 g/mol.